The molecule has 0 unspecified atom stereocenters. The van der Waals surface area contributed by atoms with E-state index >= 15 is 0 Å². The van der Waals surface area contributed by atoms with Crippen molar-refractivity contribution in [2.75, 3.05) is 13.2 Å². The van der Waals surface area contributed by atoms with Gasteiger partial charge in [0.15, 0.2) is 17.3 Å². The molecular formula is C16H12BrClO3. The fourth-order valence-corrected chi connectivity index (χ4v) is 2.60. The van der Waals surface area contributed by atoms with Gasteiger partial charge in [-0.15, -0.1) is 0 Å². The van der Waals surface area contributed by atoms with Gasteiger partial charge >= 0.3 is 0 Å². The second kappa shape index (κ2) is 6.08. The Kier molecular flexibility index (Phi) is 4.17. The van der Waals surface area contributed by atoms with E-state index < -0.39 is 0 Å². The van der Waals surface area contributed by atoms with Crippen molar-refractivity contribution in [3.05, 3.63) is 57.0 Å². The monoisotopic (exact) mass is 366 g/mol. The Morgan fingerprint density at radius 2 is 1.67 bits per heavy atom. The summed E-state index contributed by atoms with van der Waals surface area (Å²) < 4.78 is 11.9. The second-order valence-corrected chi connectivity index (χ2v) is 5.93. The Hall–Kier alpha value is -1.52. The van der Waals surface area contributed by atoms with Crippen LogP contribution in [0, 0.1) is 0 Å². The summed E-state index contributed by atoms with van der Waals surface area (Å²) in [5, 5.41) is 0.574. The Balaban J connectivity index is 1.94. The van der Waals surface area contributed by atoms with E-state index in [0.717, 1.165) is 6.42 Å². The molecule has 1 heterocycles. The summed E-state index contributed by atoms with van der Waals surface area (Å²) in [6, 6.07) is 10.4. The van der Waals surface area contributed by atoms with Gasteiger partial charge in [-0.05, 0) is 52.3 Å². The van der Waals surface area contributed by atoms with E-state index in [4.69, 9.17) is 21.1 Å². The topological polar surface area (TPSA) is 35.5 Å². The van der Waals surface area contributed by atoms with Gasteiger partial charge in [0.25, 0.3) is 0 Å². The zero-order chi connectivity index (χ0) is 14.8. The van der Waals surface area contributed by atoms with Crippen LogP contribution in [0.15, 0.2) is 40.9 Å². The minimum atomic E-state index is -0.0805. The molecule has 0 saturated heterocycles. The Morgan fingerprint density at radius 1 is 1.00 bits per heavy atom. The van der Waals surface area contributed by atoms with Gasteiger partial charge in [0.1, 0.15) is 0 Å². The summed E-state index contributed by atoms with van der Waals surface area (Å²) in [5.74, 6) is 1.22. The average molecular weight is 368 g/mol. The molecule has 0 aliphatic carbocycles. The van der Waals surface area contributed by atoms with Crippen molar-refractivity contribution in [1.82, 2.24) is 0 Å². The molecule has 108 valence electrons. The predicted molar refractivity (Wildman–Crippen MR) is 84.6 cm³/mol. The van der Waals surface area contributed by atoms with E-state index in [1.54, 1.807) is 36.4 Å². The summed E-state index contributed by atoms with van der Waals surface area (Å²) in [6.07, 6.45) is 0.835. The van der Waals surface area contributed by atoms with Gasteiger partial charge in [-0.1, -0.05) is 11.6 Å². The number of carbonyl (C=O) groups is 1. The SMILES string of the molecule is O=C(c1ccc(Cl)c(Br)c1)c1ccc2c(c1)OCCCO2. The van der Waals surface area contributed by atoms with Crippen LogP contribution < -0.4 is 9.47 Å². The van der Waals surface area contributed by atoms with Crippen LogP contribution in [0.5, 0.6) is 11.5 Å². The minimum absolute atomic E-state index is 0.0805. The van der Waals surface area contributed by atoms with Gasteiger partial charge in [-0.3, -0.25) is 4.79 Å². The Morgan fingerprint density at radius 3 is 2.43 bits per heavy atom. The molecule has 3 nitrogen and oxygen atoms in total. The molecule has 1 aliphatic rings. The fourth-order valence-electron chi connectivity index (χ4n) is 2.11. The van der Waals surface area contributed by atoms with Crippen molar-refractivity contribution in [2.24, 2.45) is 0 Å². The summed E-state index contributed by atoms with van der Waals surface area (Å²) in [4.78, 5) is 12.5. The third kappa shape index (κ3) is 3.06. The first kappa shape index (κ1) is 14.4. The first-order chi connectivity index (χ1) is 10.1. The van der Waals surface area contributed by atoms with Crippen LogP contribution in [0.2, 0.25) is 5.02 Å². The summed E-state index contributed by atoms with van der Waals surface area (Å²) in [6.45, 7) is 1.22. The van der Waals surface area contributed by atoms with Crippen LogP contribution in [0.25, 0.3) is 0 Å². The fraction of sp³-hybridized carbons (Fsp3) is 0.188. The number of fused-ring (bicyclic) bond motifs is 1. The Bertz CT molecular complexity index is 700. The first-order valence-corrected chi connectivity index (χ1v) is 7.71. The van der Waals surface area contributed by atoms with Gasteiger partial charge in [-0.2, -0.15) is 0 Å². The smallest absolute Gasteiger partial charge is 0.193 e. The van der Waals surface area contributed by atoms with Crippen LogP contribution in [-0.2, 0) is 0 Å². The van der Waals surface area contributed by atoms with E-state index in [9.17, 15) is 4.79 Å². The minimum Gasteiger partial charge on any atom is -0.490 e. The predicted octanol–water partition coefficient (Wildman–Crippen LogP) is 4.49. The highest BCUT2D eigenvalue weighted by molar-refractivity contribution is 9.10. The number of carbonyl (C=O) groups excluding carboxylic acids is 1. The van der Waals surface area contributed by atoms with Crippen molar-refractivity contribution in [3.8, 4) is 11.5 Å². The number of hydrogen-bond donors (Lipinski definition) is 0. The molecule has 1 aliphatic heterocycles. The third-order valence-electron chi connectivity index (χ3n) is 3.19. The maximum absolute atomic E-state index is 12.5. The molecule has 2 aromatic carbocycles. The Labute approximate surface area is 136 Å². The number of rotatable bonds is 2. The molecular weight excluding hydrogens is 356 g/mol. The number of ether oxygens (including phenoxy) is 2. The second-order valence-electron chi connectivity index (χ2n) is 4.67. The van der Waals surface area contributed by atoms with Gasteiger partial charge in [0.05, 0.1) is 18.2 Å². The summed E-state index contributed by atoms with van der Waals surface area (Å²) in [5.41, 5.74) is 1.13. The van der Waals surface area contributed by atoms with Gasteiger partial charge in [0.2, 0.25) is 0 Å². The molecule has 0 bridgehead atoms. The zero-order valence-electron chi connectivity index (χ0n) is 11.1. The largest absolute Gasteiger partial charge is 0.490 e. The quantitative estimate of drug-likeness (QED) is 0.733. The van der Waals surface area contributed by atoms with E-state index in [2.05, 4.69) is 15.9 Å². The highest BCUT2D eigenvalue weighted by Crippen LogP contribution is 2.31. The zero-order valence-corrected chi connectivity index (χ0v) is 13.4. The van der Waals surface area contributed by atoms with E-state index in [1.165, 1.54) is 0 Å². The lowest BCUT2D eigenvalue weighted by Gasteiger charge is -2.09. The number of hydrogen-bond acceptors (Lipinski definition) is 3. The summed E-state index contributed by atoms with van der Waals surface area (Å²) in [7, 11) is 0. The molecule has 0 fully saturated rings. The van der Waals surface area contributed by atoms with Gasteiger partial charge < -0.3 is 9.47 Å². The molecule has 0 saturated carbocycles. The number of ketones is 1. The highest BCUT2D eigenvalue weighted by atomic mass is 79.9. The molecule has 0 amide bonds. The summed E-state index contributed by atoms with van der Waals surface area (Å²) >= 11 is 9.28. The third-order valence-corrected chi connectivity index (χ3v) is 4.41. The molecule has 21 heavy (non-hydrogen) atoms. The lowest BCUT2D eigenvalue weighted by Crippen LogP contribution is -2.02. The molecule has 0 spiro atoms. The van der Waals surface area contributed by atoms with Crippen molar-refractivity contribution in [1.29, 1.82) is 0 Å². The number of benzene rings is 2. The average Bonchev–Trinajstić information content (AvgIpc) is 2.73. The van der Waals surface area contributed by atoms with Crippen LogP contribution in [0.4, 0.5) is 0 Å². The first-order valence-electron chi connectivity index (χ1n) is 6.54. The van der Waals surface area contributed by atoms with Crippen LogP contribution in [0.3, 0.4) is 0 Å². The van der Waals surface area contributed by atoms with Crippen molar-refractivity contribution >= 4 is 33.3 Å². The molecule has 0 N–H and O–H groups in total. The van der Waals surface area contributed by atoms with E-state index in [1.807, 2.05) is 0 Å². The van der Waals surface area contributed by atoms with Gasteiger partial charge in [-0.25, -0.2) is 0 Å². The van der Waals surface area contributed by atoms with Crippen LogP contribution >= 0.6 is 27.5 Å². The van der Waals surface area contributed by atoms with Crippen LogP contribution in [0.1, 0.15) is 22.3 Å². The van der Waals surface area contributed by atoms with Crippen molar-refractivity contribution in [3.63, 3.8) is 0 Å². The molecule has 0 radical (unpaired) electrons. The number of halogens is 2. The van der Waals surface area contributed by atoms with Gasteiger partial charge in [0, 0.05) is 22.0 Å². The molecule has 0 atom stereocenters. The maximum atomic E-state index is 12.5. The molecule has 5 heteroatoms. The van der Waals surface area contributed by atoms with Crippen molar-refractivity contribution in [2.45, 2.75) is 6.42 Å². The highest BCUT2D eigenvalue weighted by Gasteiger charge is 2.16. The maximum Gasteiger partial charge on any atom is 0.193 e. The lowest BCUT2D eigenvalue weighted by molar-refractivity contribution is 0.103. The van der Waals surface area contributed by atoms with E-state index in [-0.39, 0.29) is 5.78 Å². The van der Waals surface area contributed by atoms with Crippen LogP contribution in [-0.4, -0.2) is 19.0 Å². The van der Waals surface area contributed by atoms with E-state index in [0.29, 0.717) is 45.3 Å². The van der Waals surface area contributed by atoms with Crippen molar-refractivity contribution < 1.29 is 14.3 Å². The molecule has 0 aromatic heterocycles. The molecule has 3 rings (SSSR count). The molecule has 2 aromatic rings. The normalized spacial score (nSPS) is 13.6. The standard InChI is InChI=1S/C16H12BrClO3/c17-12-8-10(2-4-13(12)18)16(19)11-3-5-14-15(9-11)21-7-1-6-20-14/h2-5,8-9H,1,6-7H2. The lowest BCUT2D eigenvalue weighted by atomic mass is 10.0.